The molecule has 0 aromatic heterocycles. The van der Waals surface area contributed by atoms with Crippen LogP contribution in [0.2, 0.25) is 0 Å². The van der Waals surface area contributed by atoms with E-state index in [-0.39, 0.29) is 5.79 Å². The summed E-state index contributed by atoms with van der Waals surface area (Å²) in [6, 6.07) is 0. The molecule has 0 amide bonds. The molecule has 70 valence electrons. The molecule has 13 heavy (non-hydrogen) atoms. The third kappa shape index (κ3) is 0.608. The van der Waals surface area contributed by atoms with Crippen molar-refractivity contribution < 1.29 is 9.47 Å². The van der Waals surface area contributed by atoms with Crippen LogP contribution in [0.25, 0.3) is 0 Å². The van der Waals surface area contributed by atoms with E-state index in [1.807, 2.05) is 0 Å². The first kappa shape index (κ1) is 6.74. The molecule has 0 radical (unpaired) electrons. The van der Waals surface area contributed by atoms with E-state index in [0.717, 1.165) is 24.2 Å². The van der Waals surface area contributed by atoms with Crippen molar-refractivity contribution in [3.63, 3.8) is 0 Å². The fourth-order valence-electron chi connectivity index (χ4n) is 3.95. The first-order valence-corrected chi connectivity index (χ1v) is 5.40. The smallest absolute Gasteiger partial charge is 0.253 e. The van der Waals surface area contributed by atoms with Gasteiger partial charge in [-0.3, -0.25) is 0 Å². The Morgan fingerprint density at radius 1 is 1.08 bits per heavy atom. The molecule has 4 aliphatic rings. The van der Waals surface area contributed by atoms with Crippen molar-refractivity contribution in [1.29, 1.82) is 0 Å². The van der Waals surface area contributed by atoms with Crippen molar-refractivity contribution >= 4 is 0 Å². The molecule has 0 N–H and O–H groups in total. The summed E-state index contributed by atoms with van der Waals surface area (Å²) in [6.45, 7) is 0. The largest absolute Gasteiger partial charge is 0.456 e. The standard InChI is InChI=1S/C11H14O2/c1-2-8-7(1)5-10-9(8)6-11(10)12-3-4-13-11/h3-4,7-10H,1-2,5-6H2/t7-,8-,9+,10-/m1/s1. The summed E-state index contributed by atoms with van der Waals surface area (Å²) < 4.78 is 11.2. The van der Waals surface area contributed by atoms with Gasteiger partial charge in [-0.1, -0.05) is 0 Å². The molecule has 0 aromatic rings. The van der Waals surface area contributed by atoms with E-state index in [1.54, 1.807) is 12.5 Å². The van der Waals surface area contributed by atoms with Crippen LogP contribution in [0.3, 0.4) is 0 Å². The van der Waals surface area contributed by atoms with Gasteiger partial charge in [-0.15, -0.1) is 0 Å². The van der Waals surface area contributed by atoms with Gasteiger partial charge in [-0.25, -0.2) is 0 Å². The van der Waals surface area contributed by atoms with Gasteiger partial charge >= 0.3 is 0 Å². The van der Waals surface area contributed by atoms with Crippen LogP contribution in [0.15, 0.2) is 12.5 Å². The molecule has 2 nitrogen and oxygen atoms in total. The quantitative estimate of drug-likeness (QED) is 0.566. The van der Waals surface area contributed by atoms with Gasteiger partial charge in [0.1, 0.15) is 12.5 Å². The number of hydrogen-bond donors (Lipinski definition) is 0. The fraction of sp³-hybridized carbons (Fsp3) is 0.818. The van der Waals surface area contributed by atoms with Gasteiger partial charge in [-0.05, 0) is 37.0 Å². The monoisotopic (exact) mass is 178 g/mol. The second-order valence-electron chi connectivity index (χ2n) is 5.03. The summed E-state index contributed by atoms with van der Waals surface area (Å²) in [7, 11) is 0. The average Bonchev–Trinajstić information content (AvgIpc) is 2.57. The average molecular weight is 178 g/mol. The molecular formula is C11H14O2. The van der Waals surface area contributed by atoms with Crippen molar-refractivity contribution in [2.75, 3.05) is 0 Å². The molecule has 0 bridgehead atoms. The number of hydrogen-bond acceptors (Lipinski definition) is 2. The molecular weight excluding hydrogens is 164 g/mol. The van der Waals surface area contributed by atoms with Crippen LogP contribution in [0.1, 0.15) is 25.7 Å². The van der Waals surface area contributed by atoms with Gasteiger partial charge in [0, 0.05) is 12.3 Å². The lowest BCUT2D eigenvalue weighted by Crippen LogP contribution is -2.54. The summed E-state index contributed by atoms with van der Waals surface area (Å²) in [5, 5.41) is 0. The minimum Gasteiger partial charge on any atom is -0.456 e. The number of rotatable bonds is 0. The predicted molar refractivity (Wildman–Crippen MR) is 46.5 cm³/mol. The van der Waals surface area contributed by atoms with E-state index >= 15 is 0 Å². The van der Waals surface area contributed by atoms with Crippen LogP contribution >= 0.6 is 0 Å². The normalized spacial score (nSPS) is 52.9. The minimum atomic E-state index is -0.192. The van der Waals surface area contributed by atoms with E-state index in [4.69, 9.17) is 9.47 Å². The van der Waals surface area contributed by atoms with Gasteiger partial charge in [0.25, 0.3) is 5.79 Å². The highest BCUT2D eigenvalue weighted by atomic mass is 16.7. The highest BCUT2D eigenvalue weighted by Gasteiger charge is 2.67. The van der Waals surface area contributed by atoms with Crippen LogP contribution in [-0.2, 0) is 9.47 Å². The third-order valence-electron chi connectivity index (χ3n) is 4.78. The van der Waals surface area contributed by atoms with Crippen molar-refractivity contribution in [2.45, 2.75) is 31.5 Å². The van der Waals surface area contributed by atoms with E-state index in [0.29, 0.717) is 5.92 Å². The zero-order valence-electron chi connectivity index (χ0n) is 7.61. The lowest BCUT2D eigenvalue weighted by atomic mass is 9.64. The number of ether oxygens (including phenoxy) is 2. The Balaban J connectivity index is 1.62. The molecule has 0 aromatic carbocycles. The Morgan fingerprint density at radius 3 is 2.54 bits per heavy atom. The summed E-state index contributed by atoms with van der Waals surface area (Å²) in [5.41, 5.74) is 0. The second kappa shape index (κ2) is 1.89. The maximum atomic E-state index is 5.61. The zero-order valence-corrected chi connectivity index (χ0v) is 7.61. The Kier molecular flexibility index (Phi) is 0.979. The molecule has 1 spiro atoms. The van der Waals surface area contributed by atoms with Crippen molar-refractivity contribution in [3.8, 4) is 0 Å². The molecule has 1 aliphatic heterocycles. The summed E-state index contributed by atoms with van der Waals surface area (Å²) in [5.74, 6) is 3.49. The minimum absolute atomic E-state index is 0.192. The lowest BCUT2D eigenvalue weighted by Gasteiger charge is -2.49. The Bertz CT molecular complexity index is 276. The van der Waals surface area contributed by atoms with Crippen LogP contribution < -0.4 is 0 Å². The molecule has 1 heterocycles. The topological polar surface area (TPSA) is 18.5 Å². The SMILES string of the molecule is C1=COC2(C[C@H]3[C@@H]4CC[C@@H]4C[C@H]32)O1. The molecule has 0 saturated heterocycles. The lowest BCUT2D eigenvalue weighted by molar-refractivity contribution is -0.261. The van der Waals surface area contributed by atoms with Gasteiger partial charge in [0.05, 0.1) is 0 Å². The molecule has 2 heteroatoms. The molecule has 3 saturated carbocycles. The van der Waals surface area contributed by atoms with Crippen LogP contribution in [0.4, 0.5) is 0 Å². The second-order valence-corrected chi connectivity index (χ2v) is 5.03. The van der Waals surface area contributed by atoms with Crippen molar-refractivity contribution in [3.05, 3.63) is 12.5 Å². The van der Waals surface area contributed by atoms with Crippen LogP contribution in [-0.4, -0.2) is 5.79 Å². The molecule has 4 atom stereocenters. The Morgan fingerprint density at radius 2 is 1.92 bits per heavy atom. The van der Waals surface area contributed by atoms with Crippen molar-refractivity contribution in [1.82, 2.24) is 0 Å². The summed E-state index contributed by atoms with van der Waals surface area (Å²) in [4.78, 5) is 0. The van der Waals surface area contributed by atoms with E-state index in [2.05, 4.69) is 0 Å². The van der Waals surface area contributed by atoms with Gasteiger partial charge in [0.2, 0.25) is 0 Å². The van der Waals surface area contributed by atoms with Gasteiger partial charge in [-0.2, -0.15) is 0 Å². The van der Waals surface area contributed by atoms with E-state index < -0.39 is 0 Å². The molecule has 0 unspecified atom stereocenters. The third-order valence-corrected chi connectivity index (χ3v) is 4.78. The molecule has 3 fully saturated rings. The Hall–Kier alpha value is -0.660. The summed E-state index contributed by atoms with van der Waals surface area (Å²) in [6.07, 6.45) is 8.87. The van der Waals surface area contributed by atoms with Crippen molar-refractivity contribution in [2.24, 2.45) is 23.7 Å². The number of fused-ring (bicyclic) bond motifs is 4. The zero-order chi connectivity index (χ0) is 8.47. The maximum Gasteiger partial charge on any atom is 0.253 e. The van der Waals surface area contributed by atoms with E-state index in [1.165, 1.54) is 19.3 Å². The molecule has 4 rings (SSSR count). The van der Waals surface area contributed by atoms with E-state index in [9.17, 15) is 0 Å². The molecule has 3 aliphatic carbocycles. The predicted octanol–water partition coefficient (Wildman–Crippen LogP) is 2.27. The first-order chi connectivity index (χ1) is 6.39. The van der Waals surface area contributed by atoms with Crippen LogP contribution in [0, 0.1) is 23.7 Å². The highest BCUT2D eigenvalue weighted by Crippen LogP contribution is 2.66. The first-order valence-electron chi connectivity index (χ1n) is 5.40. The fourth-order valence-corrected chi connectivity index (χ4v) is 3.95. The van der Waals surface area contributed by atoms with Gasteiger partial charge in [0.15, 0.2) is 0 Å². The van der Waals surface area contributed by atoms with Crippen LogP contribution in [0.5, 0.6) is 0 Å². The summed E-state index contributed by atoms with van der Waals surface area (Å²) >= 11 is 0. The highest BCUT2D eigenvalue weighted by molar-refractivity contribution is 5.12. The maximum absolute atomic E-state index is 5.61. The van der Waals surface area contributed by atoms with Gasteiger partial charge < -0.3 is 9.47 Å². The Labute approximate surface area is 77.9 Å².